The molecule has 2 fully saturated rings. The van der Waals surface area contributed by atoms with E-state index in [-0.39, 0.29) is 0 Å². The molecule has 2 aliphatic rings. The largest absolute Gasteiger partial charge is 0.389 e. The topological polar surface area (TPSA) is 80.0 Å². The number of rotatable bonds is 2. The maximum absolute atomic E-state index is 11.1. The number of nitrogens with zero attached hydrogens (tertiary/aromatic N) is 6. The van der Waals surface area contributed by atoms with Gasteiger partial charge in [-0.15, -0.1) is 0 Å². The summed E-state index contributed by atoms with van der Waals surface area (Å²) < 4.78 is 1.82. The highest BCUT2D eigenvalue weighted by Crippen LogP contribution is 2.42. The molecule has 28 heavy (non-hydrogen) atoms. The number of anilines is 1. The zero-order valence-corrected chi connectivity index (χ0v) is 16.5. The predicted octanol–water partition coefficient (Wildman–Crippen LogP) is 2.87. The van der Waals surface area contributed by atoms with Crippen molar-refractivity contribution in [1.82, 2.24) is 24.7 Å². The molecule has 4 heterocycles. The van der Waals surface area contributed by atoms with Crippen molar-refractivity contribution in [2.45, 2.75) is 44.6 Å². The fourth-order valence-corrected chi connectivity index (χ4v) is 4.92. The molecular weight excluding hydrogens is 352 g/mol. The highest BCUT2D eigenvalue weighted by molar-refractivity contribution is 5.91. The second-order valence-corrected chi connectivity index (χ2v) is 8.24. The molecule has 0 radical (unpaired) electrons. The van der Waals surface area contributed by atoms with Crippen LogP contribution in [0.2, 0.25) is 0 Å². The Morgan fingerprint density at radius 1 is 1.18 bits per heavy atom. The zero-order valence-electron chi connectivity index (χ0n) is 16.5. The SMILES string of the molecule is Cc1nn(C)c2nc(-c3ccccn3)nc(N3CC[C@@]4(O)CCCC[C@@H]4C3)c12. The van der Waals surface area contributed by atoms with Crippen molar-refractivity contribution in [1.29, 1.82) is 0 Å². The standard InChI is InChI=1S/C21H26N6O/c1-14-17-19(26(2)25-14)23-18(16-8-4-6-11-22-16)24-20(17)27-12-10-21(28)9-5-3-7-15(21)13-27/h4,6,8,11,15,28H,3,5,7,9-10,12-13H2,1-2H3/t15-,21+/m1/s1. The fraction of sp³-hybridized carbons (Fsp3) is 0.524. The van der Waals surface area contributed by atoms with E-state index in [0.717, 1.165) is 67.0 Å². The molecule has 7 heteroatoms. The Morgan fingerprint density at radius 2 is 2.07 bits per heavy atom. The Labute approximate surface area is 164 Å². The maximum atomic E-state index is 11.1. The summed E-state index contributed by atoms with van der Waals surface area (Å²) in [6, 6.07) is 5.78. The monoisotopic (exact) mass is 378 g/mol. The second-order valence-electron chi connectivity index (χ2n) is 8.24. The quantitative estimate of drug-likeness (QED) is 0.739. The van der Waals surface area contributed by atoms with Crippen LogP contribution in [0.5, 0.6) is 0 Å². The van der Waals surface area contributed by atoms with Crippen LogP contribution in [0, 0.1) is 12.8 Å². The summed E-state index contributed by atoms with van der Waals surface area (Å²) in [6.07, 6.45) is 6.90. The minimum absolute atomic E-state index is 0.301. The first-order valence-corrected chi connectivity index (χ1v) is 10.2. The van der Waals surface area contributed by atoms with E-state index in [9.17, 15) is 5.11 Å². The summed E-state index contributed by atoms with van der Waals surface area (Å²) in [7, 11) is 1.92. The number of fused-ring (bicyclic) bond motifs is 2. The average Bonchev–Trinajstić information content (AvgIpc) is 3.01. The molecule has 3 aromatic rings. The van der Waals surface area contributed by atoms with Gasteiger partial charge in [-0.2, -0.15) is 5.10 Å². The summed E-state index contributed by atoms with van der Waals surface area (Å²) in [5.41, 5.74) is 2.02. The van der Waals surface area contributed by atoms with Crippen molar-refractivity contribution in [2.75, 3.05) is 18.0 Å². The molecule has 2 atom stereocenters. The number of aromatic nitrogens is 5. The molecule has 146 valence electrons. The van der Waals surface area contributed by atoms with Gasteiger partial charge in [0, 0.05) is 32.3 Å². The number of hydrogen-bond donors (Lipinski definition) is 1. The van der Waals surface area contributed by atoms with E-state index in [0.29, 0.717) is 11.7 Å². The molecule has 1 saturated carbocycles. The van der Waals surface area contributed by atoms with Crippen LogP contribution in [-0.2, 0) is 7.05 Å². The Morgan fingerprint density at radius 3 is 2.89 bits per heavy atom. The normalized spacial score (nSPS) is 25.1. The predicted molar refractivity (Wildman–Crippen MR) is 108 cm³/mol. The average molecular weight is 378 g/mol. The number of aliphatic hydroxyl groups is 1. The molecular formula is C21H26N6O. The minimum Gasteiger partial charge on any atom is -0.389 e. The number of hydrogen-bond acceptors (Lipinski definition) is 6. The number of piperidine rings is 1. The second kappa shape index (κ2) is 6.51. The Balaban J connectivity index is 1.62. The van der Waals surface area contributed by atoms with E-state index in [1.807, 2.05) is 36.9 Å². The van der Waals surface area contributed by atoms with Gasteiger partial charge >= 0.3 is 0 Å². The highest BCUT2D eigenvalue weighted by atomic mass is 16.3. The maximum Gasteiger partial charge on any atom is 0.182 e. The molecule has 0 aromatic carbocycles. The lowest BCUT2D eigenvalue weighted by Crippen LogP contribution is -2.53. The summed E-state index contributed by atoms with van der Waals surface area (Å²) >= 11 is 0. The van der Waals surface area contributed by atoms with Gasteiger partial charge < -0.3 is 10.0 Å². The molecule has 5 rings (SSSR count). The van der Waals surface area contributed by atoms with Gasteiger partial charge in [0.15, 0.2) is 11.5 Å². The van der Waals surface area contributed by atoms with E-state index in [1.165, 1.54) is 6.42 Å². The third kappa shape index (κ3) is 2.76. The zero-order chi connectivity index (χ0) is 19.3. The summed E-state index contributed by atoms with van der Waals surface area (Å²) in [5, 5.41) is 16.7. The lowest BCUT2D eigenvalue weighted by molar-refractivity contribution is -0.0613. The van der Waals surface area contributed by atoms with Gasteiger partial charge in [0.2, 0.25) is 0 Å². The Bertz CT molecular complexity index is 1020. The van der Waals surface area contributed by atoms with Crippen LogP contribution < -0.4 is 4.90 Å². The van der Waals surface area contributed by atoms with E-state index in [4.69, 9.17) is 9.97 Å². The van der Waals surface area contributed by atoms with Gasteiger partial charge in [-0.3, -0.25) is 9.67 Å². The first-order valence-electron chi connectivity index (χ1n) is 10.2. The summed E-state index contributed by atoms with van der Waals surface area (Å²) in [5.74, 6) is 1.84. The van der Waals surface area contributed by atoms with Crippen molar-refractivity contribution < 1.29 is 5.11 Å². The molecule has 1 aliphatic carbocycles. The smallest absolute Gasteiger partial charge is 0.182 e. The molecule has 7 nitrogen and oxygen atoms in total. The highest BCUT2D eigenvalue weighted by Gasteiger charge is 2.43. The Hall–Kier alpha value is -2.54. The van der Waals surface area contributed by atoms with E-state index in [1.54, 1.807) is 6.20 Å². The van der Waals surface area contributed by atoms with Crippen LogP contribution >= 0.6 is 0 Å². The van der Waals surface area contributed by atoms with Crippen molar-refractivity contribution in [3.63, 3.8) is 0 Å². The summed E-state index contributed by atoms with van der Waals surface area (Å²) in [6.45, 7) is 3.64. The molecule has 0 bridgehead atoms. The molecule has 3 aromatic heterocycles. The van der Waals surface area contributed by atoms with Crippen molar-refractivity contribution >= 4 is 16.9 Å². The van der Waals surface area contributed by atoms with Gasteiger partial charge in [-0.1, -0.05) is 18.9 Å². The van der Waals surface area contributed by atoms with Gasteiger partial charge in [-0.05, 0) is 38.3 Å². The first kappa shape index (κ1) is 17.6. The lowest BCUT2D eigenvalue weighted by atomic mass is 9.71. The third-order valence-corrected chi connectivity index (χ3v) is 6.46. The van der Waals surface area contributed by atoms with Crippen LogP contribution in [0.3, 0.4) is 0 Å². The minimum atomic E-state index is -0.505. The third-order valence-electron chi connectivity index (χ3n) is 6.46. The molecule has 1 N–H and O–H groups in total. The van der Waals surface area contributed by atoms with Crippen LogP contribution in [0.25, 0.3) is 22.6 Å². The van der Waals surface area contributed by atoms with E-state index < -0.39 is 5.60 Å². The van der Waals surface area contributed by atoms with Crippen LogP contribution in [0.15, 0.2) is 24.4 Å². The van der Waals surface area contributed by atoms with Crippen molar-refractivity contribution in [3.05, 3.63) is 30.1 Å². The Kier molecular flexibility index (Phi) is 4.08. The van der Waals surface area contributed by atoms with Gasteiger partial charge in [-0.25, -0.2) is 9.97 Å². The van der Waals surface area contributed by atoms with Crippen LogP contribution in [-0.4, -0.2) is 48.5 Å². The van der Waals surface area contributed by atoms with E-state index in [2.05, 4.69) is 15.0 Å². The van der Waals surface area contributed by atoms with Gasteiger partial charge in [0.25, 0.3) is 0 Å². The lowest BCUT2D eigenvalue weighted by Gasteiger charge is -2.47. The fourth-order valence-electron chi connectivity index (χ4n) is 4.92. The molecule has 0 amide bonds. The molecule has 1 aliphatic heterocycles. The molecule has 0 spiro atoms. The number of aryl methyl sites for hydroxylation is 2. The van der Waals surface area contributed by atoms with Crippen molar-refractivity contribution in [2.24, 2.45) is 13.0 Å². The van der Waals surface area contributed by atoms with Gasteiger partial charge in [0.1, 0.15) is 11.5 Å². The van der Waals surface area contributed by atoms with Gasteiger partial charge in [0.05, 0.1) is 16.7 Å². The van der Waals surface area contributed by atoms with Crippen molar-refractivity contribution in [3.8, 4) is 11.5 Å². The molecule has 1 saturated heterocycles. The van der Waals surface area contributed by atoms with Crippen LogP contribution in [0.1, 0.15) is 37.8 Å². The molecule has 0 unspecified atom stereocenters. The van der Waals surface area contributed by atoms with E-state index >= 15 is 0 Å². The number of pyridine rings is 1. The first-order chi connectivity index (χ1) is 13.5. The summed E-state index contributed by atoms with van der Waals surface area (Å²) in [4.78, 5) is 16.5. The van der Waals surface area contributed by atoms with Crippen LogP contribution in [0.4, 0.5) is 5.82 Å².